The predicted octanol–water partition coefficient (Wildman–Crippen LogP) is 4.09. The first kappa shape index (κ1) is 14.6. The maximum atomic E-state index is 5.79. The summed E-state index contributed by atoms with van der Waals surface area (Å²) < 4.78 is 11.1. The van der Waals surface area contributed by atoms with Crippen molar-refractivity contribution in [3.63, 3.8) is 0 Å². The van der Waals surface area contributed by atoms with Gasteiger partial charge in [0.2, 0.25) is 0 Å². The molecule has 1 aromatic heterocycles. The zero-order chi connectivity index (χ0) is 14.4. The molecule has 0 fully saturated rings. The van der Waals surface area contributed by atoms with Gasteiger partial charge in [0.25, 0.3) is 0 Å². The monoisotopic (exact) mass is 274 g/mol. The number of nitrogens with one attached hydrogen (secondary N) is 1. The summed E-state index contributed by atoms with van der Waals surface area (Å²) in [4.78, 5) is 4.32. The van der Waals surface area contributed by atoms with E-state index in [0.717, 1.165) is 24.4 Å². The first-order valence-electron chi connectivity index (χ1n) is 7.16. The van der Waals surface area contributed by atoms with Crippen molar-refractivity contribution >= 4 is 0 Å². The summed E-state index contributed by atoms with van der Waals surface area (Å²) in [6, 6.07) is 8.03. The molecule has 1 aromatic carbocycles. The van der Waals surface area contributed by atoms with Gasteiger partial charge in [0, 0.05) is 6.54 Å². The highest BCUT2D eigenvalue weighted by Gasteiger charge is 2.12. The van der Waals surface area contributed by atoms with Crippen LogP contribution in [-0.2, 0) is 6.54 Å². The Bertz CT molecular complexity index is 537. The lowest BCUT2D eigenvalue weighted by molar-refractivity contribution is 0.327. The summed E-state index contributed by atoms with van der Waals surface area (Å²) in [6.45, 7) is 8.01. The van der Waals surface area contributed by atoms with Crippen molar-refractivity contribution in [2.75, 3.05) is 6.54 Å². The van der Waals surface area contributed by atoms with E-state index in [2.05, 4.69) is 37.1 Å². The van der Waals surface area contributed by atoms with E-state index in [1.54, 1.807) is 6.26 Å². The number of hydrogen-bond donors (Lipinski definition) is 1. The lowest BCUT2D eigenvalue weighted by Gasteiger charge is -2.13. The fourth-order valence-corrected chi connectivity index (χ4v) is 1.96. The molecule has 2 rings (SSSR count). The van der Waals surface area contributed by atoms with Crippen LogP contribution in [0.3, 0.4) is 0 Å². The first-order chi connectivity index (χ1) is 9.74. The van der Waals surface area contributed by atoms with Crippen LogP contribution in [0.5, 0.6) is 11.8 Å². The van der Waals surface area contributed by atoms with Crippen LogP contribution in [0.25, 0.3) is 0 Å². The third kappa shape index (κ3) is 3.61. The highest BCUT2D eigenvalue weighted by molar-refractivity contribution is 5.37. The third-order valence-electron chi connectivity index (χ3n) is 3.35. The average Bonchev–Trinajstić information content (AvgIpc) is 2.92. The van der Waals surface area contributed by atoms with Gasteiger partial charge in [-0.05, 0) is 30.5 Å². The Labute approximate surface area is 120 Å². The Balaban J connectivity index is 2.11. The molecule has 4 heteroatoms. The molecule has 0 aliphatic carbocycles. The standard InChI is InChI=1S/C16H22N2O2/c1-4-12(3)14-8-6-7-9-15(14)20-16-18-13(11-19-16)10-17-5-2/h6-9,11-12,17H,4-5,10H2,1-3H3. The minimum absolute atomic E-state index is 0.300. The van der Waals surface area contributed by atoms with Crippen LogP contribution in [0.15, 0.2) is 34.9 Å². The topological polar surface area (TPSA) is 47.3 Å². The molecular formula is C16H22N2O2. The molecule has 0 radical (unpaired) electrons. The van der Waals surface area contributed by atoms with E-state index in [4.69, 9.17) is 9.15 Å². The van der Waals surface area contributed by atoms with Crippen molar-refractivity contribution in [3.8, 4) is 11.8 Å². The Morgan fingerprint density at radius 2 is 2.10 bits per heavy atom. The van der Waals surface area contributed by atoms with Gasteiger partial charge >= 0.3 is 6.08 Å². The van der Waals surface area contributed by atoms with Crippen LogP contribution >= 0.6 is 0 Å². The summed E-state index contributed by atoms with van der Waals surface area (Å²) in [5, 5.41) is 3.20. The van der Waals surface area contributed by atoms with Gasteiger partial charge in [-0.3, -0.25) is 0 Å². The van der Waals surface area contributed by atoms with E-state index < -0.39 is 0 Å². The van der Waals surface area contributed by atoms with E-state index >= 15 is 0 Å². The van der Waals surface area contributed by atoms with E-state index in [1.165, 1.54) is 5.56 Å². The number of ether oxygens (including phenoxy) is 1. The van der Waals surface area contributed by atoms with Crippen LogP contribution < -0.4 is 10.1 Å². The fraction of sp³-hybridized carbons (Fsp3) is 0.438. The molecule has 108 valence electrons. The number of hydrogen-bond acceptors (Lipinski definition) is 4. The molecule has 4 nitrogen and oxygen atoms in total. The van der Waals surface area contributed by atoms with Gasteiger partial charge in [0.1, 0.15) is 12.0 Å². The quantitative estimate of drug-likeness (QED) is 0.826. The van der Waals surface area contributed by atoms with Crippen LogP contribution in [0.2, 0.25) is 0 Å². The predicted molar refractivity (Wildman–Crippen MR) is 79.1 cm³/mol. The summed E-state index contributed by atoms with van der Waals surface area (Å²) in [6.07, 6.45) is 3.00. The van der Waals surface area contributed by atoms with E-state index in [9.17, 15) is 0 Å². The highest BCUT2D eigenvalue weighted by atomic mass is 16.6. The Morgan fingerprint density at radius 3 is 2.85 bits per heavy atom. The minimum Gasteiger partial charge on any atom is -0.417 e. The number of aromatic nitrogens is 1. The maximum absolute atomic E-state index is 5.79. The molecule has 1 N–H and O–H groups in total. The van der Waals surface area contributed by atoms with Crippen LogP contribution in [-0.4, -0.2) is 11.5 Å². The molecule has 1 atom stereocenters. The zero-order valence-electron chi connectivity index (χ0n) is 12.3. The molecular weight excluding hydrogens is 252 g/mol. The van der Waals surface area contributed by atoms with Gasteiger partial charge in [0.15, 0.2) is 0 Å². The van der Waals surface area contributed by atoms with Gasteiger partial charge in [-0.15, -0.1) is 0 Å². The van der Waals surface area contributed by atoms with Crippen molar-refractivity contribution in [2.24, 2.45) is 0 Å². The summed E-state index contributed by atoms with van der Waals surface area (Å²) in [5.74, 6) is 1.26. The van der Waals surface area contributed by atoms with Crippen LogP contribution in [0.1, 0.15) is 44.4 Å². The molecule has 0 spiro atoms. The maximum Gasteiger partial charge on any atom is 0.399 e. The molecule has 0 aliphatic heterocycles. The molecule has 0 aliphatic rings. The Morgan fingerprint density at radius 1 is 1.30 bits per heavy atom. The number of rotatable bonds is 7. The SMILES string of the molecule is CCNCc1coc(Oc2ccccc2C(C)CC)n1. The number of nitrogens with zero attached hydrogens (tertiary/aromatic N) is 1. The highest BCUT2D eigenvalue weighted by Crippen LogP contribution is 2.31. The molecule has 0 saturated heterocycles. The smallest absolute Gasteiger partial charge is 0.399 e. The van der Waals surface area contributed by atoms with Crippen LogP contribution in [0.4, 0.5) is 0 Å². The van der Waals surface area contributed by atoms with Gasteiger partial charge in [-0.2, -0.15) is 4.98 Å². The largest absolute Gasteiger partial charge is 0.417 e. The number of oxazole rings is 1. The number of benzene rings is 1. The van der Waals surface area contributed by atoms with E-state index in [1.807, 2.05) is 18.2 Å². The van der Waals surface area contributed by atoms with Crippen molar-refractivity contribution < 1.29 is 9.15 Å². The Kier molecular flexibility index (Phi) is 5.18. The summed E-state index contributed by atoms with van der Waals surface area (Å²) in [7, 11) is 0. The zero-order valence-corrected chi connectivity index (χ0v) is 12.3. The summed E-state index contributed by atoms with van der Waals surface area (Å²) >= 11 is 0. The van der Waals surface area contributed by atoms with Crippen molar-refractivity contribution in [1.29, 1.82) is 0 Å². The van der Waals surface area contributed by atoms with Crippen LogP contribution in [0, 0.1) is 0 Å². The lowest BCUT2D eigenvalue weighted by atomic mass is 9.98. The molecule has 1 unspecified atom stereocenters. The Hall–Kier alpha value is -1.81. The molecule has 2 aromatic rings. The fourth-order valence-electron chi connectivity index (χ4n) is 1.96. The molecule has 20 heavy (non-hydrogen) atoms. The summed E-state index contributed by atoms with van der Waals surface area (Å²) in [5.41, 5.74) is 2.03. The lowest BCUT2D eigenvalue weighted by Crippen LogP contribution is -2.11. The van der Waals surface area contributed by atoms with Gasteiger partial charge < -0.3 is 14.5 Å². The molecule has 1 heterocycles. The molecule has 0 saturated carbocycles. The third-order valence-corrected chi connectivity index (χ3v) is 3.35. The molecule has 0 amide bonds. The van der Waals surface area contributed by atoms with E-state index in [0.29, 0.717) is 18.5 Å². The van der Waals surface area contributed by atoms with Gasteiger partial charge in [-0.25, -0.2) is 0 Å². The number of para-hydroxylation sites is 1. The normalized spacial score (nSPS) is 12.3. The second-order valence-electron chi connectivity index (χ2n) is 4.83. The van der Waals surface area contributed by atoms with Gasteiger partial charge in [0.05, 0.1) is 5.69 Å². The second-order valence-corrected chi connectivity index (χ2v) is 4.83. The van der Waals surface area contributed by atoms with Crippen molar-refractivity contribution in [2.45, 2.75) is 39.7 Å². The van der Waals surface area contributed by atoms with Crippen molar-refractivity contribution in [3.05, 3.63) is 41.8 Å². The minimum atomic E-state index is 0.300. The second kappa shape index (κ2) is 7.10. The molecule has 0 bridgehead atoms. The van der Waals surface area contributed by atoms with Gasteiger partial charge in [-0.1, -0.05) is 39.0 Å². The average molecular weight is 274 g/mol. The van der Waals surface area contributed by atoms with Crippen molar-refractivity contribution in [1.82, 2.24) is 10.3 Å². The van der Waals surface area contributed by atoms with E-state index in [-0.39, 0.29) is 0 Å². The first-order valence-corrected chi connectivity index (χ1v) is 7.16.